The number of benzene rings is 1. The first-order valence-electron chi connectivity index (χ1n) is 5.23. The van der Waals surface area contributed by atoms with Gasteiger partial charge in [0.25, 0.3) is 0 Å². The van der Waals surface area contributed by atoms with E-state index in [0.717, 1.165) is 18.7 Å². The molecule has 0 aliphatic rings. The Hall–Kier alpha value is 0.01000. The topological polar surface area (TPSA) is 12.0 Å². The van der Waals surface area contributed by atoms with Gasteiger partial charge in [-0.25, -0.2) is 0 Å². The third kappa shape index (κ3) is 4.58. The molecule has 0 aliphatic heterocycles. The number of likely N-dealkylation sites (N-methyl/N-ethyl adjacent to an activating group) is 1. The van der Waals surface area contributed by atoms with E-state index in [-0.39, 0.29) is 0 Å². The van der Waals surface area contributed by atoms with Gasteiger partial charge < -0.3 is 5.32 Å². The van der Waals surface area contributed by atoms with E-state index < -0.39 is 0 Å². The maximum absolute atomic E-state index is 3.59. The summed E-state index contributed by atoms with van der Waals surface area (Å²) in [5.74, 6) is 1.16. The fourth-order valence-corrected chi connectivity index (χ4v) is 2.69. The molecule has 1 N–H and O–H groups in total. The molecule has 0 saturated heterocycles. The number of hydrogen-bond acceptors (Lipinski definition) is 2. The second-order valence-electron chi connectivity index (χ2n) is 3.51. The van der Waals surface area contributed by atoms with Crippen LogP contribution in [0.1, 0.15) is 12.5 Å². The van der Waals surface area contributed by atoms with Gasteiger partial charge in [0, 0.05) is 16.3 Å². The highest BCUT2D eigenvalue weighted by Gasteiger charge is 2.09. The van der Waals surface area contributed by atoms with Crippen molar-refractivity contribution in [1.82, 2.24) is 5.32 Å². The van der Waals surface area contributed by atoms with Crippen LogP contribution in [0.25, 0.3) is 0 Å². The lowest BCUT2D eigenvalue weighted by Gasteiger charge is -2.17. The molecule has 0 aromatic heterocycles. The van der Waals surface area contributed by atoms with Crippen LogP contribution in [0.15, 0.2) is 28.7 Å². The number of thioether (sulfide) groups is 1. The van der Waals surface area contributed by atoms with Crippen LogP contribution >= 0.6 is 27.7 Å². The molecule has 15 heavy (non-hydrogen) atoms. The lowest BCUT2D eigenvalue weighted by atomic mass is 10.1. The van der Waals surface area contributed by atoms with Gasteiger partial charge >= 0.3 is 0 Å². The van der Waals surface area contributed by atoms with Crippen LogP contribution in [0.2, 0.25) is 0 Å². The minimum absolute atomic E-state index is 0.573. The SMILES string of the molecule is CCNC(CSC)Cc1ccccc1Br. The minimum Gasteiger partial charge on any atom is -0.313 e. The Labute approximate surface area is 105 Å². The van der Waals surface area contributed by atoms with E-state index in [9.17, 15) is 0 Å². The molecule has 1 unspecified atom stereocenters. The maximum Gasteiger partial charge on any atom is 0.0207 e. The van der Waals surface area contributed by atoms with Crippen molar-refractivity contribution in [3.05, 3.63) is 34.3 Å². The smallest absolute Gasteiger partial charge is 0.0207 e. The Kier molecular flexibility index (Phi) is 6.37. The van der Waals surface area contributed by atoms with Crippen molar-refractivity contribution in [2.24, 2.45) is 0 Å². The lowest BCUT2D eigenvalue weighted by Crippen LogP contribution is -2.33. The third-order valence-electron chi connectivity index (χ3n) is 2.28. The van der Waals surface area contributed by atoms with Gasteiger partial charge in [0.05, 0.1) is 0 Å². The summed E-state index contributed by atoms with van der Waals surface area (Å²) in [6.07, 6.45) is 3.25. The summed E-state index contributed by atoms with van der Waals surface area (Å²) in [5.41, 5.74) is 1.39. The molecule has 84 valence electrons. The third-order valence-corrected chi connectivity index (χ3v) is 3.79. The van der Waals surface area contributed by atoms with Gasteiger partial charge in [-0.3, -0.25) is 0 Å². The van der Waals surface area contributed by atoms with Gasteiger partial charge in [-0.15, -0.1) is 0 Å². The van der Waals surface area contributed by atoms with E-state index in [2.05, 4.69) is 58.7 Å². The molecule has 1 rings (SSSR count). The quantitative estimate of drug-likeness (QED) is 0.861. The molecule has 0 saturated carbocycles. The molecule has 3 heteroatoms. The second-order valence-corrected chi connectivity index (χ2v) is 5.27. The zero-order valence-electron chi connectivity index (χ0n) is 9.29. The first-order chi connectivity index (χ1) is 7.27. The summed E-state index contributed by atoms with van der Waals surface area (Å²) < 4.78 is 1.22. The molecule has 0 amide bonds. The predicted octanol–water partition coefficient (Wildman–Crippen LogP) is 3.33. The Morgan fingerprint density at radius 1 is 1.40 bits per heavy atom. The molecular weight excluding hydrogens is 270 g/mol. The zero-order valence-corrected chi connectivity index (χ0v) is 11.7. The summed E-state index contributed by atoms with van der Waals surface area (Å²) >= 11 is 5.49. The van der Waals surface area contributed by atoms with E-state index in [4.69, 9.17) is 0 Å². The zero-order chi connectivity index (χ0) is 11.1. The first-order valence-corrected chi connectivity index (χ1v) is 7.42. The van der Waals surface area contributed by atoms with Crippen LogP contribution in [0, 0.1) is 0 Å². The first kappa shape index (κ1) is 13.1. The maximum atomic E-state index is 3.59. The van der Waals surface area contributed by atoms with Crippen LogP contribution in [0.3, 0.4) is 0 Å². The van der Waals surface area contributed by atoms with Gasteiger partial charge in [-0.05, 0) is 30.9 Å². The van der Waals surface area contributed by atoms with Crippen molar-refractivity contribution in [3.63, 3.8) is 0 Å². The lowest BCUT2D eigenvalue weighted by molar-refractivity contribution is 0.572. The molecular formula is C12H18BrNS. The largest absolute Gasteiger partial charge is 0.313 e. The molecule has 1 nitrogen and oxygen atoms in total. The molecule has 0 heterocycles. The van der Waals surface area contributed by atoms with Crippen molar-refractivity contribution in [2.75, 3.05) is 18.6 Å². The van der Waals surface area contributed by atoms with Gasteiger partial charge in [-0.1, -0.05) is 41.1 Å². The van der Waals surface area contributed by atoms with Gasteiger partial charge in [0.2, 0.25) is 0 Å². The molecule has 1 aromatic rings. The molecule has 1 atom stereocenters. The van der Waals surface area contributed by atoms with E-state index in [1.165, 1.54) is 10.0 Å². The fraction of sp³-hybridized carbons (Fsp3) is 0.500. The fourth-order valence-electron chi connectivity index (χ4n) is 1.61. The highest BCUT2D eigenvalue weighted by molar-refractivity contribution is 9.10. The molecule has 1 aromatic carbocycles. The molecule has 0 fully saturated rings. The van der Waals surface area contributed by atoms with Crippen LogP contribution < -0.4 is 5.32 Å². The normalized spacial score (nSPS) is 12.7. The Balaban J connectivity index is 2.60. The van der Waals surface area contributed by atoms with Crippen LogP contribution in [-0.2, 0) is 6.42 Å². The minimum atomic E-state index is 0.573. The Bertz CT molecular complexity index is 285. The number of hydrogen-bond donors (Lipinski definition) is 1. The van der Waals surface area contributed by atoms with E-state index in [1.807, 2.05) is 11.8 Å². The second kappa shape index (κ2) is 7.31. The molecule has 0 spiro atoms. The predicted molar refractivity (Wildman–Crippen MR) is 73.7 cm³/mol. The molecule has 0 radical (unpaired) electrons. The number of nitrogens with one attached hydrogen (secondary N) is 1. The van der Waals surface area contributed by atoms with Crippen LogP contribution in [0.5, 0.6) is 0 Å². The van der Waals surface area contributed by atoms with E-state index in [0.29, 0.717) is 6.04 Å². The molecule has 0 bridgehead atoms. The summed E-state index contributed by atoms with van der Waals surface area (Å²) in [6, 6.07) is 9.03. The molecule has 0 aliphatic carbocycles. The number of halogens is 1. The monoisotopic (exact) mass is 287 g/mol. The Morgan fingerprint density at radius 3 is 2.73 bits per heavy atom. The van der Waals surface area contributed by atoms with E-state index >= 15 is 0 Å². The summed E-state index contributed by atoms with van der Waals surface area (Å²) in [7, 11) is 0. The summed E-state index contributed by atoms with van der Waals surface area (Å²) in [4.78, 5) is 0. The van der Waals surface area contributed by atoms with Crippen molar-refractivity contribution < 1.29 is 0 Å². The van der Waals surface area contributed by atoms with Crippen molar-refractivity contribution in [3.8, 4) is 0 Å². The van der Waals surface area contributed by atoms with E-state index in [1.54, 1.807) is 0 Å². The average Bonchev–Trinajstić information content (AvgIpc) is 2.22. The highest BCUT2D eigenvalue weighted by Crippen LogP contribution is 2.18. The Morgan fingerprint density at radius 2 is 2.13 bits per heavy atom. The summed E-state index contributed by atoms with van der Waals surface area (Å²) in [5, 5.41) is 3.52. The van der Waals surface area contributed by atoms with Crippen molar-refractivity contribution >= 4 is 27.7 Å². The van der Waals surface area contributed by atoms with Crippen LogP contribution in [0.4, 0.5) is 0 Å². The number of rotatable bonds is 6. The van der Waals surface area contributed by atoms with Gasteiger partial charge in [-0.2, -0.15) is 11.8 Å². The van der Waals surface area contributed by atoms with Crippen molar-refractivity contribution in [2.45, 2.75) is 19.4 Å². The standard InChI is InChI=1S/C12H18BrNS/c1-3-14-11(9-15-2)8-10-6-4-5-7-12(10)13/h4-7,11,14H,3,8-9H2,1-2H3. The van der Waals surface area contributed by atoms with Crippen molar-refractivity contribution in [1.29, 1.82) is 0 Å². The van der Waals surface area contributed by atoms with Crippen LogP contribution in [-0.4, -0.2) is 24.6 Å². The van der Waals surface area contributed by atoms with Gasteiger partial charge in [0.1, 0.15) is 0 Å². The van der Waals surface area contributed by atoms with Gasteiger partial charge in [0.15, 0.2) is 0 Å². The summed E-state index contributed by atoms with van der Waals surface area (Å²) in [6.45, 7) is 3.20. The average molecular weight is 288 g/mol. The highest BCUT2D eigenvalue weighted by atomic mass is 79.9.